The Morgan fingerprint density at radius 3 is 2.75 bits per heavy atom. The highest BCUT2D eigenvalue weighted by molar-refractivity contribution is 5.76. The summed E-state index contributed by atoms with van der Waals surface area (Å²) in [5, 5.41) is 10.2. The molecule has 2 fully saturated rings. The van der Waals surface area contributed by atoms with Crippen LogP contribution in [0.4, 0.5) is 0 Å². The van der Waals surface area contributed by atoms with Crippen molar-refractivity contribution in [3.8, 4) is 0 Å². The number of nitrogens with zero attached hydrogens (tertiary/aromatic N) is 1. The lowest BCUT2D eigenvalue weighted by atomic mass is 9.92. The number of hydrogen-bond donors (Lipinski definition) is 1. The Morgan fingerprint density at radius 1 is 1.38 bits per heavy atom. The van der Waals surface area contributed by atoms with E-state index in [1.54, 1.807) is 0 Å². The summed E-state index contributed by atoms with van der Waals surface area (Å²) in [6, 6.07) is 0. The molecule has 0 aromatic heterocycles. The average molecular weight is 225 g/mol. The third kappa shape index (κ3) is 2.97. The maximum atomic E-state index is 11.9. The number of hydrogen-bond acceptors (Lipinski definition) is 2. The van der Waals surface area contributed by atoms with Gasteiger partial charge >= 0.3 is 0 Å². The Morgan fingerprint density at radius 2 is 2.12 bits per heavy atom. The van der Waals surface area contributed by atoms with E-state index in [1.807, 2.05) is 11.8 Å². The molecular formula is C13H23NO2. The number of rotatable bonds is 3. The summed E-state index contributed by atoms with van der Waals surface area (Å²) >= 11 is 0. The van der Waals surface area contributed by atoms with Gasteiger partial charge in [-0.2, -0.15) is 0 Å². The fraction of sp³-hybridized carbons (Fsp3) is 0.923. The topological polar surface area (TPSA) is 40.5 Å². The van der Waals surface area contributed by atoms with E-state index in [9.17, 15) is 9.90 Å². The van der Waals surface area contributed by atoms with Crippen LogP contribution >= 0.6 is 0 Å². The van der Waals surface area contributed by atoms with Gasteiger partial charge in [-0.1, -0.05) is 6.92 Å². The van der Waals surface area contributed by atoms with Crippen LogP contribution in [0.3, 0.4) is 0 Å². The van der Waals surface area contributed by atoms with Gasteiger partial charge in [0.05, 0.1) is 5.60 Å². The van der Waals surface area contributed by atoms with Gasteiger partial charge in [-0.05, 0) is 44.4 Å². The predicted octanol–water partition coefficient (Wildman–Crippen LogP) is 1.94. The molecule has 0 spiro atoms. The first kappa shape index (κ1) is 11.9. The Bertz CT molecular complexity index is 263. The molecule has 1 unspecified atom stereocenters. The Balaban J connectivity index is 1.85. The van der Waals surface area contributed by atoms with Crippen LogP contribution in [0.2, 0.25) is 0 Å². The van der Waals surface area contributed by atoms with Crippen molar-refractivity contribution in [2.45, 2.75) is 57.5 Å². The molecule has 1 aliphatic carbocycles. The van der Waals surface area contributed by atoms with Gasteiger partial charge in [0.15, 0.2) is 0 Å². The fourth-order valence-corrected chi connectivity index (χ4v) is 2.48. The molecule has 0 aromatic rings. The molecule has 1 amide bonds. The zero-order valence-corrected chi connectivity index (χ0v) is 10.2. The van der Waals surface area contributed by atoms with E-state index in [0.717, 1.165) is 45.2 Å². The summed E-state index contributed by atoms with van der Waals surface area (Å²) in [7, 11) is 0. The Hall–Kier alpha value is -0.570. The molecule has 1 heterocycles. The second-order valence-electron chi connectivity index (χ2n) is 5.46. The molecular weight excluding hydrogens is 202 g/mol. The molecule has 2 aliphatic rings. The van der Waals surface area contributed by atoms with Crippen LogP contribution in [-0.4, -0.2) is 34.6 Å². The standard InChI is InChI=1S/C13H23NO2/c1-2-13(16)6-3-8-14(9-7-13)12(15)10-11-4-5-11/h11,16H,2-10H2,1H3. The lowest BCUT2D eigenvalue weighted by molar-refractivity contribution is -0.131. The smallest absolute Gasteiger partial charge is 0.222 e. The highest BCUT2D eigenvalue weighted by Gasteiger charge is 2.31. The van der Waals surface area contributed by atoms with Gasteiger partial charge in [0.1, 0.15) is 0 Å². The van der Waals surface area contributed by atoms with Gasteiger partial charge in [-0.3, -0.25) is 4.79 Å². The van der Waals surface area contributed by atoms with Crippen LogP contribution in [0.1, 0.15) is 51.9 Å². The van der Waals surface area contributed by atoms with Gasteiger partial charge in [0, 0.05) is 19.5 Å². The Labute approximate surface area is 97.8 Å². The molecule has 2 rings (SSSR count). The van der Waals surface area contributed by atoms with E-state index >= 15 is 0 Å². The lowest BCUT2D eigenvalue weighted by Gasteiger charge is -2.25. The van der Waals surface area contributed by atoms with Gasteiger partial charge in [0.2, 0.25) is 5.91 Å². The van der Waals surface area contributed by atoms with E-state index in [4.69, 9.17) is 0 Å². The van der Waals surface area contributed by atoms with Crippen LogP contribution < -0.4 is 0 Å². The van der Waals surface area contributed by atoms with Crippen molar-refractivity contribution in [1.82, 2.24) is 4.90 Å². The molecule has 92 valence electrons. The molecule has 1 N–H and O–H groups in total. The van der Waals surface area contributed by atoms with E-state index in [2.05, 4.69) is 0 Å². The monoisotopic (exact) mass is 225 g/mol. The quantitative estimate of drug-likeness (QED) is 0.797. The zero-order valence-electron chi connectivity index (χ0n) is 10.2. The van der Waals surface area contributed by atoms with Gasteiger partial charge in [0.25, 0.3) is 0 Å². The first-order chi connectivity index (χ1) is 7.63. The van der Waals surface area contributed by atoms with Crippen molar-refractivity contribution in [3.63, 3.8) is 0 Å². The van der Waals surface area contributed by atoms with E-state index in [-0.39, 0.29) is 0 Å². The van der Waals surface area contributed by atoms with Gasteiger partial charge in [-0.25, -0.2) is 0 Å². The molecule has 3 nitrogen and oxygen atoms in total. The van der Waals surface area contributed by atoms with Crippen molar-refractivity contribution in [2.75, 3.05) is 13.1 Å². The van der Waals surface area contributed by atoms with Crippen LogP contribution in [0.25, 0.3) is 0 Å². The SMILES string of the molecule is CCC1(O)CCCN(C(=O)CC2CC2)CC1. The first-order valence-electron chi connectivity index (χ1n) is 6.63. The van der Waals surface area contributed by atoms with E-state index in [1.165, 1.54) is 12.8 Å². The largest absolute Gasteiger partial charge is 0.390 e. The van der Waals surface area contributed by atoms with Crippen molar-refractivity contribution >= 4 is 5.91 Å². The minimum atomic E-state index is -0.519. The third-order valence-corrected chi connectivity index (χ3v) is 4.09. The number of carbonyl (C=O) groups is 1. The van der Waals surface area contributed by atoms with E-state index in [0.29, 0.717) is 11.8 Å². The summed E-state index contributed by atoms with van der Waals surface area (Å²) in [5.41, 5.74) is -0.519. The number of likely N-dealkylation sites (tertiary alicyclic amines) is 1. The molecule has 0 bridgehead atoms. The number of aliphatic hydroxyl groups is 1. The maximum Gasteiger partial charge on any atom is 0.222 e. The fourth-order valence-electron chi connectivity index (χ4n) is 2.48. The molecule has 1 saturated heterocycles. The molecule has 0 radical (unpaired) electrons. The summed E-state index contributed by atoms with van der Waals surface area (Å²) in [6.07, 6.45) is 6.55. The van der Waals surface area contributed by atoms with Crippen LogP contribution in [0, 0.1) is 5.92 Å². The lowest BCUT2D eigenvalue weighted by Crippen LogP contribution is -2.34. The van der Waals surface area contributed by atoms with Gasteiger partial charge < -0.3 is 10.0 Å². The predicted molar refractivity (Wildman–Crippen MR) is 63.0 cm³/mol. The molecule has 1 aliphatic heterocycles. The minimum Gasteiger partial charge on any atom is -0.390 e. The van der Waals surface area contributed by atoms with Crippen molar-refractivity contribution in [1.29, 1.82) is 0 Å². The number of amides is 1. The van der Waals surface area contributed by atoms with Crippen LogP contribution in [0.5, 0.6) is 0 Å². The molecule has 3 heteroatoms. The minimum absolute atomic E-state index is 0.308. The van der Waals surface area contributed by atoms with Crippen LogP contribution in [-0.2, 0) is 4.79 Å². The highest BCUT2D eigenvalue weighted by Crippen LogP contribution is 2.33. The molecule has 0 aromatic carbocycles. The third-order valence-electron chi connectivity index (χ3n) is 4.09. The number of carbonyl (C=O) groups excluding carboxylic acids is 1. The molecule has 16 heavy (non-hydrogen) atoms. The molecule has 1 atom stereocenters. The second kappa shape index (κ2) is 4.74. The summed E-state index contributed by atoms with van der Waals surface area (Å²) < 4.78 is 0. The zero-order chi connectivity index (χ0) is 11.6. The van der Waals surface area contributed by atoms with E-state index < -0.39 is 5.60 Å². The summed E-state index contributed by atoms with van der Waals surface area (Å²) in [6.45, 7) is 3.62. The van der Waals surface area contributed by atoms with Crippen molar-refractivity contribution < 1.29 is 9.90 Å². The van der Waals surface area contributed by atoms with Crippen molar-refractivity contribution in [3.05, 3.63) is 0 Å². The first-order valence-corrected chi connectivity index (χ1v) is 6.63. The average Bonchev–Trinajstić information content (AvgIpc) is 3.06. The maximum absolute atomic E-state index is 11.9. The summed E-state index contributed by atoms with van der Waals surface area (Å²) in [5.74, 6) is 0.976. The summed E-state index contributed by atoms with van der Waals surface area (Å²) in [4.78, 5) is 13.9. The second-order valence-corrected chi connectivity index (χ2v) is 5.46. The van der Waals surface area contributed by atoms with Gasteiger partial charge in [-0.15, -0.1) is 0 Å². The van der Waals surface area contributed by atoms with Crippen molar-refractivity contribution in [2.24, 2.45) is 5.92 Å². The van der Waals surface area contributed by atoms with Crippen LogP contribution in [0.15, 0.2) is 0 Å². The highest BCUT2D eigenvalue weighted by atomic mass is 16.3. The molecule has 1 saturated carbocycles. The Kier molecular flexibility index (Phi) is 3.53. The normalized spacial score (nSPS) is 31.2.